The summed E-state index contributed by atoms with van der Waals surface area (Å²) in [7, 11) is 0. The van der Waals surface area contributed by atoms with Crippen LogP contribution in [0.3, 0.4) is 0 Å². The van der Waals surface area contributed by atoms with E-state index in [4.69, 9.17) is 5.11 Å². The fourth-order valence-electron chi connectivity index (χ4n) is 2.07. The van der Waals surface area contributed by atoms with Crippen LogP contribution in [0.5, 0.6) is 0 Å². The van der Waals surface area contributed by atoms with Crippen molar-refractivity contribution >= 4 is 5.97 Å². The van der Waals surface area contributed by atoms with Crippen LogP contribution >= 0.6 is 0 Å². The van der Waals surface area contributed by atoms with E-state index >= 15 is 0 Å². The van der Waals surface area contributed by atoms with E-state index in [0.29, 0.717) is 0 Å². The quantitative estimate of drug-likeness (QED) is 0.794. The molecule has 1 heterocycles. The Kier molecular flexibility index (Phi) is 2.73. The first-order valence-electron chi connectivity index (χ1n) is 5.18. The van der Waals surface area contributed by atoms with Crippen LogP contribution < -0.4 is 0 Å². The highest BCUT2D eigenvalue weighted by Crippen LogP contribution is 2.19. The monoisotopic (exact) mass is 205 g/mol. The zero-order valence-electron chi connectivity index (χ0n) is 8.86. The second kappa shape index (κ2) is 4.03. The Balaban J connectivity index is 2.14. The van der Waals surface area contributed by atoms with Gasteiger partial charge in [0.1, 0.15) is 0 Å². The summed E-state index contributed by atoms with van der Waals surface area (Å²) in [4.78, 5) is 12.6. The van der Waals surface area contributed by atoms with Crippen molar-refractivity contribution in [3.8, 4) is 0 Å². The lowest BCUT2D eigenvalue weighted by Gasteiger charge is -2.27. The second-order valence-electron chi connectivity index (χ2n) is 4.13. The number of hydrogen-bond donors (Lipinski definition) is 1. The molecule has 0 aromatic heterocycles. The van der Waals surface area contributed by atoms with Crippen LogP contribution in [0, 0.1) is 6.92 Å². The molecule has 15 heavy (non-hydrogen) atoms. The third kappa shape index (κ3) is 2.36. The topological polar surface area (TPSA) is 40.5 Å². The first-order chi connectivity index (χ1) is 7.15. The average molecular weight is 205 g/mol. The van der Waals surface area contributed by atoms with Gasteiger partial charge in [-0.25, -0.2) is 0 Å². The van der Waals surface area contributed by atoms with Crippen molar-refractivity contribution in [3.05, 3.63) is 34.9 Å². The Labute approximate surface area is 89.3 Å². The minimum absolute atomic E-state index is 0.146. The molecule has 0 spiro atoms. The van der Waals surface area contributed by atoms with Crippen LogP contribution in [0.15, 0.2) is 18.2 Å². The summed E-state index contributed by atoms with van der Waals surface area (Å²) in [5.41, 5.74) is 3.88. The fraction of sp³-hybridized carbons (Fsp3) is 0.417. The molecule has 0 atom stereocenters. The van der Waals surface area contributed by atoms with Gasteiger partial charge in [0, 0.05) is 13.1 Å². The molecule has 80 valence electrons. The zero-order chi connectivity index (χ0) is 10.8. The number of carboxylic acids is 1. The molecule has 1 aliphatic heterocycles. The molecule has 1 aliphatic rings. The number of benzene rings is 1. The van der Waals surface area contributed by atoms with Crippen LogP contribution in [0.2, 0.25) is 0 Å². The molecule has 0 unspecified atom stereocenters. The summed E-state index contributed by atoms with van der Waals surface area (Å²) < 4.78 is 0. The highest BCUT2D eigenvalue weighted by molar-refractivity contribution is 5.69. The molecule has 1 aromatic carbocycles. The van der Waals surface area contributed by atoms with Gasteiger partial charge < -0.3 is 5.11 Å². The highest BCUT2D eigenvalue weighted by atomic mass is 16.4. The van der Waals surface area contributed by atoms with Crippen LogP contribution in [0.1, 0.15) is 16.7 Å². The number of rotatable bonds is 2. The van der Waals surface area contributed by atoms with Gasteiger partial charge in [0.2, 0.25) is 0 Å². The lowest BCUT2D eigenvalue weighted by atomic mass is 9.98. The summed E-state index contributed by atoms with van der Waals surface area (Å²) in [5, 5.41) is 8.73. The number of carbonyl (C=O) groups is 1. The molecule has 0 aliphatic carbocycles. The summed E-state index contributed by atoms with van der Waals surface area (Å²) in [6.45, 7) is 3.83. The summed E-state index contributed by atoms with van der Waals surface area (Å²) in [5.74, 6) is -0.744. The van der Waals surface area contributed by atoms with Gasteiger partial charge >= 0.3 is 5.97 Å². The Bertz CT molecular complexity index is 387. The molecule has 3 heteroatoms. The van der Waals surface area contributed by atoms with E-state index in [1.54, 1.807) is 0 Å². The van der Waals surface area contributed by atoms with E-state index in [-0.39, 0.29) is 6.54 Å². The Morgan fingerprint density at radius 2 is 2.27 bits per heavy atom. The van der Waals surface area contributed by atoms with Crippen molar-refractivity contribution in [1.29, 1.82) is 0 Å². The second-order valence-corrected chi connectivity index (χ2v) is 4.13. The molecular weight excluding hydrogens is 190 g/mol. The van der Waals surface area contributed by atoms with Crippen molar-refractivity contribution < 1.29 is 9.90 Å². The van der Waals surface area contributed by atoms with Gasteiger partial charge in [-0.3, -0.25) is 9.69 Å². The Morgan fingerprint density at radius 3 is 3.00 bits per heavy atom. The van der Waals surface area contributed by atoms with E-state index in [1.165, 1.54) is 16.7 Å². The average Bonchev–Trinajstić information content (AvgIpc) is 2.16. The lowest BCUT2D eigenvalue weighted by Crippen LogP contribution is -2.34. The number of hydrogen-bond acceptors (Lipinski definition) is 2. The highest BCUT2D eigenvalue weighted by Gasteiger charge is 2.17. The molecule has 3 nitrogen and oxygen atoms in total. The third-order valence-electron chi connectivity index (χ3n) is 2.81. The van der Waals surface area contributed by atoms with Crippen molar-refractivity contribution in [2.75, 3.05) is 13.1 Å². The van der Waals surface area contributed by atoms with E-state index in [2.05, 4.69) is 25.1 Å². The molecule has 1 aromatic rings. The predicted molar refractivity (Wildman–Crippen MR) is 57.8 cm³/mol. The summed E-state index contributed by atoms with van der Waals surface area (Å²) in [6.07, 6.45) is 0.961. The van der Waals surface area contributed by atoms with Crippen molar-refractivity contribution in [2.24, 2.45) is 0 Å². The zero-order valence-corrected chi connectivity index (χ0v) is 8.86. The third-order valence-corrected chi connectivity index (χ3v) is 2.81. The Morgan fingerprint density at radius 1 is 1.47 bits per heavy atom. The van der Waals surface area contributed by atoms with Crippen molar-refractivity contribution in [2.45, 2.75) is 19.9 Å². The summed E-state index contributed by atoms with van der Waals surface area (Å²) >= 11 is 0. The molecule has 0 bridgehead atoms. The minimum Gasteiger partial charge on any atom is -0.480 e. The molecule has 1 N–H and O–H groups in total. The molecule has 0 radical (unpaired) electrons. The van der Waals surface area contributed by atoms with Gasteiger partial charge in [-0.1, -0.05) is 23.8 Å². The first-order valence-corrected chi connectivity index (χ1v) is 5.18. The van der Waals surface area contributed by atoms with Gasteiger partial charge in [0.25, 0.3) is 0 Å². The van der Waals surface area contributed by atoms with Crippen LogP contribution in [0.25, 0.3) is 0 Å². The van der Waals surface area contributed by atoms with Gasteiger partial charge in [-0.05, 0) is 24.5 Å². The maximum atomic E-state index is 10.6. The molecule has 0 amide bonds. The normalized spacial score (nSPS) is 16.1. The van der Waals surface area contributed by atoms with Crippen LogP contribution in [0.4, 0.5) is 0 Å². The summed E-state index contributed by atoms with van der Waals surface area (Å²) in [6, 6.07) is 6.43. The van der Waals surface area contributed by atoms with Gasteiger partial charge in [-0.15, -0.1) is 0 Å². The standard InChI is InChI=1S/C12H15NO2/c1-9-2-3-10-4-5-13(8-12(14)15)7-11(10)6-9/h2-3,6H,4-5,7-8H2,1H3,(H,14,15). The molecule has 0 fully saturated rings. The molecule has 0 saturated carbocycles. The lowest BCUT2D eigenvalue weighted by molar-refractivity contribution is -0.138. The SMILES string of the molecule is Cc1ccc2c(c1)CN(CC(=O)O)CC2. The molecule has 0 saturated heterocycles. The van der Waals surface area contributed by atoms with E-state index < -0.39 is 5.97 Å². The van der Waals surface area contributed by atoms with Crippen LogP contribution in [-0.4, -0.2) is 29.1 Å². The maximum Gasteiger partial charge on any atom is 0.317 e. The number of aryl methyl sites for hydroxylation is 1. The van der Waals surface area contributed by atoms with Gasteiger partial charge in [0.15, 0.2) is 0 Å². The largest absolute Gasteiger partial charge is 0.480 e. The minimum atomic E-state index is -0.744. The number of carboxylic acid groups (broad SMARTS) is 1. The first kappa shape index (κ1) is 10.2. The number of nitrogens with zero attached hydrogens (tertiary/aromatic N) is 1. The molecule has 2 rings (SSSR count). The molecular formula is C12H15NO2. The van der Waals surface area contributed by atoms with E-state index in [9.17, 15) is 4.79 Å². The van der Waals surface area contributed by atoms with Gasteiger partial charge in [-0.2, -0.15) is 0 Å². The van der Waals surface area contributed by atoms with E-state index in [1.807, 2.05) is 4.90 Å². The predicted octanol–water partition coefficient (Wildman–Crippen LogP) is 1.44. The van der Waals surface area contributed by atoms with E-state index in [0.717, 1.165) is 19.5 Å². The maximum absolute atomic E-state index is 10.6. The smallest absolute Gasteiger partial charge is 0.317 e. The van der Waals surface area contributed by atoms with Crippen molar-refractivity contribution in [3.63, 3.8) is 0 Å². The van der Waals surface area contributed by atoms with Crippen molar-refractivity contribution in [1.82, 2.24) is 4.90 Å². The Hall–Kier alpha value is -1.35. The number of fused-ring (bicyclic) bond motifs is 1. The van der Waals surface area contributed by atoms with Gasteiger partial charge in [0.05, 0.1) is 6.54 Å². The van der Waals surface area contributed by atoms with Crippen LogP contribution in [-0.2, 0) is 17.8 Å². The number of aliphatic carboxylic acids is 1. The fourth-order valence-corrected chi connectivity index (χ4v) is 2.07.